The van der Waals surface area contributed by atoms with Crippen molar-refractivity contribution in [3.05, 3.63) is 58.6 Å². The number of hydrogen-bond donors (Lipinski definition) is 0. The number of ether oxygens (including phenoxy) is 2. The molecule has 2 nitrogen and oxygen atoms in total. The van der Waals surface area contributed by atoms with E-state index < -0.39 is 0 Å². The second kappa shape index (κ2) is 6.88. The van der Waals surface area contributed by atoms with Gasteiger partial charge in [0.25, 0.3) is 0 Å². The molecule has 0 saturated carbocycles. The molecule has 0 aliphatic carbocycles. The normalized spacial score (nSPS) is 9.55. The van der Waals surface area contributed by atoms with E-state index in [1.165, 1.54) is 0 Å². The van der Waals surface area contributed by atoms with Gasteiger partial charge in [-0.1, -0.05) is 29.5 Å². The molecule has 20 heavy (non-hydrogen) atoms. The summed E-state index contributed by atoms with van der Waals surface area (Å²) in [5.41, 5.74) is 2.04. The molecule has 0 aromatic heterocycles. The van der Waals surface area contributed by atoms with E-state index in [9.17, 15) is 0 Å². The third-order valence-corrected chi connectivity index (χ3v) is 2.95. The average molecular weight is 287 g/mol. The lowest BCUT2D eigenvalue weighted by Gasteiger charge is -2.08. The molecule has 2 aromatic carbocycles. The Hall–Kier alpha value is -2.11. The van der Waals surface area contributed by atoms with Gasteiger partial charge in [-0.15, -0.1) is 0 Å². The largest absolute Gasteiger partial charge is 0.493 e. The molecule has 3 heteroatoms. The molecular weight excluding hydrogens is 272 g/mol. The Balaban J connectivity index is 1.98. The van der Waals surface area contributed by atoms with E-state index in [-0.39, 0.29) is 0 Å². The molecule has 0 unspecified atom stereocenters. The summed E-state index contributed by atoms with van der Waals surface area (Å²) >= 11 is 5.81. The lowest BCUT2D eigenvalue weighted by Crippen LogP contribution is -1.97. The van der Waals surface area contributed by atoms with E-state index in [0.29, 0.717) is 17.4 Å². The van der Waals surface area contributed by atoms with Gasteiger partial charge in [0.1, 0.15) is 6.61 Å². The third kappa shape index (κ3) is 3.94. The maximum atomic E-state index is 5.81. The van der Waals surface area contributed by atoms with Gasteiger partial charge in [-0.25, -0.2) is 0 Å². The fourth-order valence-electron chi connectivity index (χ4n) is 1.68. The summed E-state index contributed by atoms with van der Waals surface area (Å²) in [7, 11) is 1.63. The van der Waals surface area contributed by atoms with Crippen molar-refractivity contribution in [2.45, 2.75) is 6.92 Å². The highest BCUT2D eigenvalue weighted by Gasteiger charge is 2.02. The molecule has 2 rings (SSSR count). The Morgan fingerprint density at radius 2 is 1.80 bits per heavy atom. The Morgan fingerprint density at radius 1 is 1.05 bits per heavy atom. The molecule has 2 aromatic rings. The number of benzene rings is 2. The number of hydrogen-bond acceptors (Lipinski definition) is 2. The lowest BCUT2D eigenvalue weighted by atomic mass is 10.2. The zero-order valence-electron chi connectivity index (χ0n) is 11.4. The van der Waals surface area contributed by atoms with E-state index in [1.54, 1.807) is 7.11 Å². The van der Waals surface area contributed by atoms with Crippen LogP contribution in [0.4, 0.5) is 0 Å². The molecule has 0 amide bonds. The zero-order valence-corrected chi connectivity index (χ0v) is 12.2. The number of aryl methyl sites for hydroxylation is 1. The number of halogens is 1. The van der Waals surface area contributed by atoms with Crippen molar-refractivity contribution in [3.8, 4) is 23.3 Å². The van der Waals surface area contributed by atoms with Crippen LogP contribution in [0, 0.1) is 18.8 Å². The predicted molar refractivity (Wildman–Crippen MR) is 81.6 cm³/mol. The first-order valence-corrected chi connectivity index (χ1v) is 6.59. The topological polar surface area (TPSA) is 18.5 Å². The van der Waals surface area contributed by atoms with Crippen molar-refractivity contribution >= 4 is 11.6 Å². The van der Waals surface area contributed by atoms with Crippen molar-refractivity contribution in [2.24, 2.45) is 0 Å². The molecule has 0 spiro atoms. The van der Waals surface area contributed by atoms with Crippen LogP contribution in [0.5, 0.6) is 11.5 Å². The molecule has 0 radical (unpaired) electrons. The van der Waals surface area contributed by atoms with Crippen LogP contribution in [0.15, 0.2) is 42.5 Å². The van der Waals surface area contributed by atoms with E-state index in [0.717, 1.165) is 16.9 Å². The van der Waals surface area contributed by atoms with Gasteiger partial charge in [0.05, 0.1) is 7.11 Å². The highest BCUT2D eigenvalue weighted by Crippen LogP contribution is 2.27. The summed E-state index contributed by atoms with van der Waals surface area (Å²) < 4.78 is 10.9. The molecule has 0 N–H and O–H groups in total. The van der Waals surface area contributed by atoms with Crippen molar-refractivity contribution in [3.63, 3.8) is 0 Å². The standard InChI is InChI=1S/C17H15ClO2/c1-13-5-10-16(17(12-13)19-2)20-11-3-4-14-6-8-15(18)9-7-14/h5-10,12H,11H2,1-2H3. The monoisotopic (exact) mass is 286 g/mol. The number of rotatable bonds is 3. The lowest BCUT2D eigenvalue weighted by molar-refractivity contribution is 0.330. The third-order valence-electron chi connectivity index (χ3n) is 2.70. The molecule has 0 heterocycles. The summed E-state index contributed by atoms with van der Waals surface area (Å²) in [6, 6.07) is 13.2. The highest BCUT2D eigenvalue weighted by molar-refractivity contribution is 6.30. The fraction of sp³-hybridized carbons (Fsp3) is 0.176. The molecule has 0 saturated heterocycles. The Morgan fingerprint density at radius 3 is 2.50 bits per heavy atom. The second-order valence-corrected chi connectivity index (χ2v) is 4.69. The average Bonchev–Trinajstić information content (AvgIpc) is 2.46. The number of methoxy groups -OCH3 is 1. The van der Waals surface area contributed by atoms with Crippen LogP contribution in [0.3, 0.4) is 0 Å². The Bertz CT molecular complexity index is 636. The molecule has 102 valence electrons. The quantitative estimate of drug-likeness (QED) is 0.791. The molecule has 0 aliphatic rings. The van der Waals surface area contributed by atoms with E-state index >= 15 is 0 Å². The summed E-state index contributed by atoms with van der Waals surface area (Å²) in [5.74, 6) is 7.40. The Labute approximate surface area is 124 Å². The van der Waals surface area contributed by atoms with Gasteiger partial charge in [0.15, 0.2) is 11.5 Å². The zero-order chi connectivity index (χ0) is 14.4. The first-order valence-electron chi connectivity index (χ1n) is 6.21. The van der Waals surface area contributed by atoms with Crippen LogP contribution in [-0.2, 0) is 0 Å². The first-order chi connectivity index (χ1) is 9.69. The van der Waals surface area contributed by atoms with Gasteiger partial charge >= 0.3 is 0 Å². The summed E-state index contributed by atoms with van der Waals surface area (Å²) in [4.78, 5) is 0. The van der Waals surface area contributed by atoms with Crippen molar-refractivity contribution < 1.29 is 9.47 Å². The SMILES string of the molecule is COc1cc(C)ccc1OCC#Cc1ccc(Cl)cc1. The fourth-order valence-corrected chi connectivity index (χ4v) is 1.81. The summed E-state index contributed by atoms with van der Waals surface area (Å²) in [5, 5.41) is 0.705. The van der Waals surface area contributed by atoms with Crippen LogP contribution in [0.2, 0.25) is 5.02 Å². The van der Waals surface area contributed by atoms with Crippen LogP contribution in [0.1, 0.15) is 11.1 Å². The predicted octanol–water partition coefficient (Wildman–Crippen LogP) is 4.09. The Kier molecular flexibility index (Phi) is 4.92. The van der Waals surface area contributed by atoms with Crippen LogP contribution < -0.4 is 9.47 Å². The van der Waals surface area contributed by atoms with E-state index in [4.69, 9.17) is 21.1 Å². The molecule has 0 bridgehead atoms. The molecular formula is C17H15ClO2. The minimum absolute atomic E-state index is 0.308. The smallest absolute Gasteiger partial charge is 0.162 e. The van der Waals surface area contributed by atoms with Gasteiger partial charge in [0.2, 0.25) is 0 Å². The van der Waals surface area contributed by atoms with Crippen LogP contribution >= 0.6 is 11.6 Å². The molecule has 0 fully saturated rings. The molecule has 0 atom stereocenters. The first kappa shape index (κ1) is 14.3. The maximum absolute atomic E-state index is 5.81. The van der Waals surface area contributed by atoms with Crippen molar-refractivity contribution in [1.29, 1.82) is 0 Å². The minimum atomic E-state index is 0.308. The van der Waals surface area contributed by atoms with Crippen molar-refractivity contribution in [2.75, 3.05) is 13.7 Å². The van der Waals surface area contributed by atoms with Gasteiger partial charge in [0, 0.05) is 10.6 Å². The summed E-state index contributed by atoms with van der Waals surface area (Å²) in [6.45, 7) is 2.31. The highest BCUT2D eigenvalue weighted by atomic mass is 35.5. The van der Waals surface area contributed by atoms with Crippen LogP contribution in [0.25, 0.3) is 0 Å². The van der Waals surface area contributed by atoms with Gasteiger partial charge < -0.3 is 9.47 Å². The van der Waals surface area contributed by atoms with Crippen molar-refractivity contribution in [1.82, 2.24) is 0 Å². The minimum Gasteiger partial charge on any atom is -0.493 e. The molecule has 0 aliphatic heterocycles. The second-order valence-electron chi connectivity index (χ2n) is 4.25. The van der Waals surface area contributed by atoms with E-state index in [2.05, 4.69) is 11.8 Å². The van der Waals surface area contributed by atoms with Gasteiger partial charge in [-0.2, -0.15) is 0 Å². The van der Waals surface area contributed by atoms with E-state index in [1.807, 2.05) is 49.4 Å². The summed E-state index contributed by atoms with van der Waals surface area (Å²) in [6.07, 6.45) is 0. The van der Waals surface area contributed by atoms with Crippen LogP contribution in [-0.4, -0.2) is 13.7 Å². The van der Waals surface area contributed by atoms with Gasteiger partial charge in [-0.05, 0) is 48.9 Å². The maximum Gasteiger partial charge on any atom is 0.162 e. The van der Waals surface area contributed by atoms with Gasteiger partial charge in [-0.3, -0.25) is 0 Å².